The van der Waals surface area contributed by atoms with Gasteiger partial charge in [0.15, 0.2) is 5.82 Å². The average Bonchev–Trinajstić information content (AvgIpc) is 2.88. The third kappa shape index (κ3) is 3.70. The molecule has 19 heavy (non-hydrogen) atoms. The second-order valence-electron chi connectivity index (χ2n) is 4.59. The molecule has 1 atom stereocenters. The fraction of sp³-hybridized carbons (Fsp3) is 0.750. The Morgan fingerprint density at radius 2 is 2.47 bits per heavy atom. The molecule has 0 aromatic carbocycles. The molecule has 1 unspecified atom stereocenters. The van der Waals surface area contributed by atoms with Gasteiger partial charge in [0.05, 0.1) is 11.7 Å². The number of amides is 1. The molecule has 6 nitrogen and oxygen atoms in total. The van der Waals surface area contributed by atoms with Crippen molar-refractivity contribution in [1.29, 1.82) is 0 Å². The molecule has 0 radical (unpaired) electrons. The minimum Gasteiger partial charge on any atom is -0.375 e. The SMILES string of the molecule is COCC(=O)N1CCCC(c2nc(CSC)no2)C1. The van der Waals surface area contributed by atoms with E-state index in [0.29, 0.717) is 12.4 Å². The average molecular weight is 285 g/mol. The predicted molar refractivity (Wildman–Crippen MR) is 71.9 cm³/mol. The molecule has 1 aromatic rings. The largest absolute Gasteiger partial charge is 0.375 e. The van der Waals surface area contributed by atoms with Crippen LogP contribution in [-0.4, -0.2) is 54.0 Å². The quantitative estimate of drug-likeness (QED) is 0.812. The van der Waals surface area contributed by atoms with Gasteiger partial charge in [-0.3, -0.25) is 4.79 Å². The van der Waals surface area contributed by atoms with Gasteiger partial charge in [-0.15, -0.1) is 0 Å². The van der Waals surface area contributed by atoms with E-state index in [1.165, 1.54) is 7.11 Å². The summed E-state index contributed by atoms with van der Waals surface area (Å²) in [5.41, 5.74) is 0. The number of likely N-dealkylation sites (tertiary alicyclic amines) is 1. The van der Waals surface area contributed by atoms with E-state index >= 15 is 0 Å². The van der Waals surface area contributed by atoms with Crippen molar-refractivity contribution in [3.05, 3.63) is 11.7 Å². The molecule has 1 saturated heterocycles. The van der Waals surface area contributed by atoms with E-state index in [4.69, 9.17) is 9.26 Å². The molecule has 1 fully saturated rings. The number of ether oxygens (including phenoxy) is 1. The van der Waals surface area contributed by atoms with E-state index in [1.54, 1.807) is 11.8 Å². The first-order valence-corrected chi connectivity index (χ1v) is 7.72. The number of methoxy groups -OCH3 is 1. The van der Waals surface area contributed by atoms with Crippen LogP contribution in [0.25, 0.3) is 0 Å². The topological polar surface area (TPSA) is 68.5 Å². The summed E-state index contributed by atoms with van der Waals surface area (Å²) in [4.78, 5) is 18.0. The predicted octanol–water partition coefficient (Wildman–Crippen LogP) is 1.29. The van der Waals surface area contributed by atoms with Crippen LogP contribution in [-0.2, 0) is 15.3 Å². The zero-order valence-electron chi connectivity index (χ0n) is 11.3. The Balaban J connectivity index is 1.97. The molecule has 106 valence electrons. The Labute approximate surface area is 116 Å². The number of nitrogens with zero attached hydrogens (tertiary/aromatic N) is 3. The van der Waals surface area contributed by atoms with Crippen LogP contribution in [0.15, 0.2) is 4.52 Å². The molecule has 0 saturated carbocycles. The molecule has 1 aromatic heterocycles. The highest BCUT2D eigenvalue weighted by atomic mass is 32.2. The van der Waals surface area contributed by atoms with Gasteiger partial charge in [0, 0.05) is 20.2 Å². The number of rotatable bonds is 5. The number of carbonyl (C=O) groups is 1. The Bertz CT molecular complexity index is 424. The van der Waals surface area contributed by atoms with Gasteiger partial charge in [-0.2, -0.15) is 16.7 Å². The summed E-state index contributed by atoms with van der Waals surface area (Å²) < 4.78 is 10.2. The van der Waals surface area contributed by atoms with E-state index in [-0.39, 0.29) is 18.4 Å². The maximum absolute atomic E-state index is 11.8. The molecule has 7 heteroatoms. The van der Waals surface area contributed by atoms with Crippen LogP contribution in [0.4, 0.5) is 0 Å². The van der Waals surface area contributed by atoms with Gasteiger partial charge in [0.2, 0.25) is 11.8 Å². The standard InChI is InChI=1S/C12H19N3O3S/c1-17-7-11(16)15-5-3-4-9(6-15)12-13-10(8-19-2)14-18-12/h9H,3-8H2,1-2H3. The van der Waals surface area contributed by atoms with Gasteiger partial charge in [0.25, 0.3) is 0 Å². The van der Waals surface area contributed by atoms with Crippen molar-refractivity contribution < 1.29 is 14.1 Å². The highest BCUT2D eigenvalue weighted by Gasteiger charge is 2.28. The summed E-state index contributed by atoms with van der Waals surface area (Å²) in [5, 5.41) is 3.95. The van der Waals surface area contributed by atoms with Crippen molar-refractivity contribution in [3.8, 4) is 0 Å². The van der Waals surface area contributed by atoms with Crippen molar-refractivity contribution in [2.75, 3.05) is 33.1 Å². The number of hydrogen-bond acceptors (Lipinski definition) is 6. The maximum Gasteiger partial charge on any atom is 0.248 e. The van der Waals surface area contributed by atoms with Gasteiger partial charge >= 0.3 is 0 Å². The molecule has 0 spiro atoms. The van der Waals surface area contributed by atoms with Gasteiger partial charge in [-0.25, -0.2) is 0 Å². The van der Waals surface area contributed by atoms with Crippen molar-refractivity contribution in [1.82, 2.24) is 15.0 Å². The Hall–Kier alpha value is -1.08. The minimum atomic E-state index is 0.0241. The monoisotopic (exact) mass is 285 g/mol. The zero-order chi connectivity index (χ0) is 13.7. The number of aromatic nitrogens is 2. The second kappa shape index (κ2) is 6.91. The van der Waals surface area contributed by atoms with Crippen molar-refractivity contribution in [3.63, 3.8) is 0 Å². The van der Waals surface area contributed by atoms with Crippen LogP contribution in [0, 0.1) is 0 Å². The molecular weight excluding hydrogens is 266 g/mol. The Morgan fingerprint density at radius 1 is 1.63 bits per heavy atom. The molecule has 1 amide bonds. The minimum absolute atomic E-state index is 0.0241. The summed E-state index contributed by atoms with van der Waals surface area (Å²) in [6.07, 6.45) is 3.94. The number of hydrogen-bond donors (Lipinski definition) is 0. The third-order valence-electron chi connectivity index (χ3n) is 3.15. The maximum atomic E-state index is 11.8. The van der Waals surface area contributed by atoms with Crippen molar-refractivity contribution >= 4 is 17.7 Å². The van der Waals surface area contributed by atoms with Gasteiger partial charge in [-0.05, 0) is 19.1 Å². The number of thioether (sulfide) groups is 1. The first kappa shape index (κ1) is 14.3. The van der Waals surface area contributed by atoms with E-state index < -0.39 is 0 Å². The molecule has 0 bridgehead atoms. The lowest BCUT2D eigenvalue weighted by Crippen LogP contribution is -2.40. The number of carbonyl (C=O) groups excluding carboxylic acids is 1. The van der Waals surface area contributed by atoms with Crippen LogP contribution >= 0.6 is 11.8 Å². The molecule has 2 rings (SSSR count). The van der Waals surface area contributed by atoms with E-state index in [2.05, 4.69) is 10.1 Å². The summed E-state index contributed by atoms with van der Waals surface area (Å²) in [5.74, 6) is 2.30. The van der Waals surface area contributed by atoms with Crippen LogP contribution < -0.4 is 0 Å². The van der Waals surface area contributed by atoms with Crippen LogP contribution in [0.2, 0.25) is 0 Å². The Kier molecular flexibility index (Phi) is 5.21. The summed E-state index contributed by atoms with van der Waals surface area (Å²) in [6, 6.07) is 0. The van der Waals surface area contributed by atoms with Crippen molar-refractivity contribution in [2.45, 2.75) is 24.5 Å². The smallest absolute Gasteiger partial charge is 0.248 e. The molecule has 1 aliphatic heterocycles. The fourth-order valence-electron chi connectivity index (χ4n) is 2.24. The second-order valence-corrected chi connectivity index (χ2v) is 5.46. The summed E-state index contributed by atoms with van der Waals surface area (Å²) >= 11 is 1.66. The lowest BCUT2D eigenvalue weighted by atomic mass is 9.98. The van der Waals surface area contributed by atoms with Gasteiger partial charge in [-0.1, -0.05) is 5.16 Å². The highest BCUT2D eigenvalue weighted by molar-refractivity contribution is 7.97. The first-order chi connectivity index (χ1) is 9.24. The van der Waals surface area contributed by atoms with Crippen molar-refractivity contribution in [2.24, 2.45) is 0 Å². The fourth-order valence-corrected chi connectivity index (χ4v) is 2.62. The summed E-state index contributed by atoms with van der Waals surface area (Å²) in [7, 11) is 1.53. The molecular formula is C12H19N3O3S. The van der Waals surface area contributed by atoms with Gasteiger partial charge in [0.1, 0.15) is 6.61 Å². The first-order valence-electron chi connectivity index (χ1n) is 6.32. The normalized spacial score (nSPS) is 19.7. The molecule has 1 aliphatic rings. The number of piperidine rings is 1. The van der Waals surface area contributed by atoms with E-state index in [9.17, 15) is 4.79 Å². The molecule has 2 heterocycles. The van der Waals surface area contributed by atoms with E-state index in [1.807, 2.05) is 11.2 Å². The lowest BCUT2D eigenvalue weighted by Gasteiger charge is -2.30. The van der Waals surface area contributed by atoms with Crippen LogP contribution in [0.5, 0.6) is 0 Å². The van der Waals surface area contributed by atoms with Gasteiger partial charge < -0.3 is 14.2 Å². The molecule has 0 aliphatic carbocycles. The summed E-state index contributed by atoms with van der Waals surface area (Å²) in [6.45, 7) is 1.56. The zero-order valence-corrected chi connectivity index (χ0v) is 12.1. The van der Waals surface area contributed by atoms with Crippen LogP contribution in [0.1, 0.15) is 30.5 Å². The third-order valence-corrected chi connectivity index (χ3v) is 3.70. The Morgan fingerprint density at radius 3 is 3.21 bits per heavy atom. The lowest BCUT2D eigenvalue weighted by molar-refractivity contribution is -0.136. The van der Waals surface area contributed by atoms with E-state index in [0.717, 1.165) is 31.0 Å². The van der Waals surface area contributed by atoms with Crippen LogP contribution in [0.3, 0.4) is 0 Å². The highest BCUT2D eigenvalue weighted by Crippen LogP contribution is 2.26. The molecule has 0 N–H and O–H groups in total.